The number of hydrogen-bond donors (Lipinski definition) is 2. The molecular weight excluding hydrogens is 204 g/mol. The average Bonchev–Trinajstić information content (AvgIpc) is 2.50. The first-order valence-electron chi connectivity index (χ1n) is 4.05. The Morgan fingerprint density at radius 2 is 2.36 bits per heavy atom. The molecule has 0 radical (unpaired) electrons. The number of aromatic nitrogens is 4. The Labute approximate surface area is 81.8 Å². The van der Waals surface area contributed by atoms with E-state index in [2.05, 4.69) is 34.5 Å². The van der Waals surface area contributed by atoms with Gasteiger partial charge in [-0.3, -0.25) is 0 Å². The van der Waals surface area contributed by atoms with Gasteiger partial charge >= 0.3 is 6.08 Å². The summed E-state index contributed by atoms with van der Waals surface area (Å²) in [6.07, 6.45) is 0.676. The zero-order valence-corrected chi connectivity index (χ0v) is 8.61. The molecule has 5 nitrogen and oxygen atoms in total. The van der Waals surface area contributed by atoms with Crippen molar-refractivity contribution < 1.29 is 4.39 Å². The minimum absolute atomic E-state index is 0.0933. The largest absolute Gasteiger partial charge is 0.362 e. The van der Waals surface area contributed by atoms with Crippen LogP contribution >= 0.6 is 9.24 Å². The lowest BCUT2D eigenvalue weighted by molar-refractivity contribution is 0.545. The molecule has 0 spiro atoms. The van der Waals surface area contributed by atoms with Crippen molar-refractivity contribution in [3.05, 3.63) is 12.4 Å². The number of nitrogens with zero attached hydrogens (tertiary/aromatic N) is 3. The summed E-state index contributed by atoms with van der Waals surface area (Å²) < 4.78 is 12.9. The molecule has 0 aliphatic heterocycles. The Morgan fingerprint density at radius 1 is 1.57 bits per heavy atom. The van der Waals surface area contributed by atoms with Crippen LogP contribution in [0, 0.1) is 6.08 Å². The van der Waals surface area contributed by atoms with Gasteiger partial charge in [0.15, 0.2) is 11.5 Å². The fraction of sp³-hybridized carbons (Fsp3) is 0.286. The third-order valence-electron chi connectivity index (χ3n) is 1.62. The van der Waals surface area contributed by atoms with Crippen molar-refractivity contribution in [2.75, 3.05) is 5.32 Å². The zero-order chi connectivity index (χ0) is 10.1. The molecule has 2 aromatic heterocycles. The minimum atomic E-state index is -0.780. The summed E-state index contributed by atoms with van der Waals surface area (Å²) in [6.45, 7) is 1.91. The first-order chi connectivity index (χ1) is 6.66. The van der Waals surface area contributed by atoms with E-state index in [4.69, 9.17) is 0 Å². The zero-order valence-electron chi connectivity index (χ0n) is 7.45. The van der Waals surface area contributed by atoms with Gasteiger partial charge in [-0.05, 0) is 6.92 Å². The monoisotopic (exact) mass is 213 g/mol. The lowest BCUT2D eigenvalue weighted by Gasteiger charge is -2.08. The molecule has 0 aliphatic carbocycles. The number of anilines is 1. The van der Waals surface area contributed by atoms with Crippen LogP contribution in [0.4, 0.5) is 10.2 Å². The highest BCUT2D eigenvalue weighted by atomic mass is 31.0. The second kappa shape index (κ2) is 3.46. The predicted molar refractivity (Wildman–Crippen MR) is 54.4 cm³/mol. The summed E-state index contributed by atoms with van der Waals surface area (Å²) in [4.78, 5) is 13.9. The number of aromatic amines is 1. The molecule has 0 aliphatic rings. The molecule has 2 unspecified atom stereocenters. The normalized spacial score (nSPS) is 13.1. The number of imidazole rings is 1. The molecule has 2 N–H and O–H groups in total. The fourth-order valence-electron chi connectivity index (χ4n) is 1.13. The van der Waals surface area contributed by atoms with Crippen LogP contribution in [0.1, 0.15) is 6.92 Å². The summed E-state index contributed by atoms with van der Waals surface area (Å²) in [5, 5.41) is 2.98. The Morgan fingerprint density at radius 3 is 3.07 bits per heavy atom. The quantitative estimate of drug-likeness (QED) is 0.579. The van der Waals surface area contributed by atoms with Crippen LogP contribution < -0.4 is 5.32 Å². The van der Waals surface area contributed by atoms with E-state index in [-0.39, 0.29) is 5.78 Å². The number of nitrogens with one attached hydrogen (secondary N) is 2. The van der Waals surface area contributed by atoms with E-state index >= 15 is 0 Å². The topological polar surface area (TPSA) is 66.5 Å². The average molecular weight is 213 g/mol. The number of fused-ring (bicyclic) bond motifs is 1. The second-order valence-electron chi connectivity index (χ2n) is 2.88. The number of rotatable bonds is 2. The van der Waals surface area contributed by atoms with E-state index in [9.17, 15) is 4.39 Å². The van der Waals surface area contributed by atoms with Gasteiger partial charge in [-0.15, -0.1) is 9.24 Å². The van der Waals surface area contributed by atoms with Crippen molar-refractivity contribution in [1.29, 1.82) is 0 Å². The summed E-state index contributed by atoms with van der Waals surface area (Å²) in [7, 11) is 2.54. The van der Waals surface area contributed by atoms with Crippen LogP contribution in [0.3, 0.4) is 0 Å². The molecule has 0 bridgehead atoms. The molecule has 14 heavy (non-hydrogen) atoms. The van der Waals surface area contributed by atoms with Gasteiger partial charge in [-0.2, -0.15) is 14.4 Å². The molecule has 0 saturated heterocycles. The lowest BCUT2D eigenvalue weighted by Crippen LogP contribution is -2.09. The Kier molecular flexibility index (Phi) is 2.29. The second-order valence-corrected chi connectivity index (χ2v) is 3.88. The summed E-state index contributed by atoms with van der Waals surface area (Å²) in [5.74, 6) is 0.517. The molecule has 2 atom stereocenters. The maximum absolute atomic E-state index is 12.9. The van der Waals surface area contributed by atoms with E-state index in [1.54, 1.807) is 0 Å². The van der Waals surface area contributed by atoms with Crippen molar-refractivity contribution in [1.82, 2.24) is 19.9 Å². The van der Waals surface area contributed by atoms with Crippen molar-refractivity contribution in [2.24, 2.45) is 0 Å². The van der Waals surface area contributed by atoms with E-state index in [1.807, 2.05) is 6.92 Å². The summed E-state index contributed by atoms with van der Waals surface area (Å²) in [5.41, 5.74) is 0.936. The predicted octanol–water partition coefficient (Wildman–Crippen LogP) is 1.12. The van der Waals surface area contributed by atoms with Crippen molar-refractivity contribution in [2.45, 2.75) is 12.7 Å². The summed E-state index contributed by atoms with van der Waals surface area (Å²) >= 11 is 0. The smallest absolute Gasteiger partial charge is 0.312 e. The van der Waals surface area contributed by atoms with Crippen LogP contribution in [0.25, 0.3) is 11.2 Å². The van der Waals surface area contributed by atoms with E-state index < -0.39 is 6.08 Å². The van der Waals surface area contributed by atoms with Crippen LogP contribution in [-0.4, -0.2) is 25.7 Å². The van der Waals surface area contributed by atoms with E-state index in [0.29, 0.717) is 17.0 Å². The van der Waals surface area contributed by atoms with Gasteiger partial charge in [-0.1, -0.05) is 0 Å². The third kappa shape index (κ3) is 1.65. The van der Waals surface area contributed by atoms with Crippen molar-refractivity contribution >= 4 is 26.2 Å². The molecule has 0 amide bonds. The molecule has 74 valence electrons. The van der Waals surface area contributed by atoms with Crippen LogP contribution in [0.2, 0.25) is 0 Å². The maximum Gasteiger partial charge on any atom is 0.312 e. The Hall–Kier alpha value is -1.29. The molecule has 2 heterocycles. The summed E-state index contributed by atoms with van der Waals surface area (Å²) in [6, 6.07) is 0. The Bertz CT molecular complexity index is 454. The molecule has 2 rings (SSSR count). The lowest BCUT2D eigenvalue weighted by atomic mass is 10.5. The first kappa shape index (κ1) is 9.27. The highest BCUT2D eigenvalue weighted by Crippen LogP contribution is 2.17. The first-order valence-corrected chi connectivity index (χ1v) is 4.72. The molecular formula is C7H9FN5P. The number of hydrogen-bond acceptors (Lipinski definition) is 4. The number of H-pyrrole nitrogens is 1. The van der Waals surface area contributed by atoms with Gasteiger partial charge < -0.3 is 10.3 Å². The SMILES string of the molecule is CC(P)Nc1nc(F)nc2nc[nH]c12. The van der Waals surface area contributed by atoms with Crippen molar-refractivity contribution in [3.63, 3.8) is 0 Å². The van der Waals surface area contributed by atoms with Gasteiger partial charge in [0.05, 0.1) is 6.33 Å². The van der Waals surface area contributed by atoms with Crippen LogP contribution in [0.15, 0.2) is 6.33 Å². The molecule has 0 saturated carbocycles. The molecule has 0 aromatic carbocycles. The molecule has 2 aromatic rings. The highest BCUT2D eigenvalue weighted by Gasteiger charge is 2.09. The van der Waals surface area contributed by atoms with Crippen LogP contribution in [-0.2, 0) is 0 Å². The van der Waals surface area contributed by atoms with Gasteiger partial charge in [0, 0.05) is 5.78 Å². The third-order valence-corrected chi connectivity index (χ3v) is 1.79. The van der Waals surface area contributed by atoms with Gasteiger partial charge in [0.1, 0.15) is 5.52 Å². The minimum Gasteiger partial charge on any atom is -0.362 e. The fourth-order valence-corrected chi connectivity index (χ4v) is 1.28. The van der Waals surface area contributed by atoms with Gasteiger partial charge in [0.2, 0.25) is 0 Å². The highest BCUT2D eigenvalue weighted by molar-refractivity contribution is 7.17. The molecule has 0 fully saturated rings. The standard InChI is InChI=1S/C7H9FN5P/c1-3(14)11-6-4-5(10-2-9-4)12-7(8)13-6/h2-3H,14H2,1H3,(H2,9,10,11,12,13). The maximum atomic E-state index is 12.9. The Balaban J connectivity index is 2.55. The van der Waals surface area contributed by atoms with Gasteiger partial charge in [-0.25, -0.2) is 4.98 Å². The van der Waals surface area contributed by atoms with Crippen molar-refractivity contribution in [3.8, 4) is 0 Å². The van der Waals surface area contributed by atoms with E-state index in [1.165, 1.54) is 6.33 Å². The number of halogens is 1. The van der Waals surface area contributed by atoms with Gasteiger partial charge in [0.25, 0.3) is 0 Å². The molecule has 7 heteroatoms. The van der Waals surface area contributed by atoms with Crippen LogP contribution in [0.5, 0.6) is 0 Å². The van der Waals surface area contributed by atoms with E-state index in [0.717, 1.165) is 0 Å².